The Morgan fingerprint density at radius 3 is 2.69 bits per heavy atom. The molecule has 8 nitrogen and oxygen atoms in total. The Morgan fingerprint density at radius 1 is 1.08 bits per heavy atom. The van der Waals surface area contributed by atoms with Crippen molar-refractivity contribution in [3.8, 4) is 0 Å². The van der Waals surface area contributed by atoms with Crippen LogP contribution in [0, 0.1) is 0 Å². The molecule has 0 radical (unpaired) electrons. The zero-order valence-corrected chi connectivity index (χ0v) is 13.8. The Bertz CT molecular complexity index is 1110. The van der Waals surface area contributed by atoms with Crippen LogP contribution in [0.3, 0.4) is 0 Å². The molecule has 0 aliphatic carbocycles. The van der Waals surface area contributed by atoms with Crippen molar-refractivity contribution in [1.29, 1.82) is 0 Å². The van der Waals surface area contributed by atoms with Crippen molar-refractivity contribution in [1.82, 2.24) is 25.0 Å². The number of carbonyl (C=O) groups is 1. The van der Waals surface area contributed by atoms with E-state index in [0.29, 0.717) is 29.8 Å². The number of nitrogens with one attached hydrogen (secondary N) is 2. The van der Waals surface area contributed by atoms with Crippen LogP contribution in [0.2, 0.25) is 0 Å². The number of para-hydroxylation sites is 2. The van der Waals surface area contributed by atoms with Crippen molar-refractivity contribution in [3.63, 3.8) is 0 Å². The molecule has 2 N–H and O–H groups in total. The number of rotatable bonds is 5. The van der Waals surface area contributed by atoms with Gasteiger partial charge >= 0.3 is 0 Å². The zero-order chi connectivity index (χ0) is 17.9. The molecule has 4 rings (SSSR count). The Hall–Kier alpha value is -3.55. The highest BCUT2D eigenvalue weighted by Crippen LogP contribution is 2.13. The molecule has 26 heavy (non-hydrogen) atoms. The van der Waals surface area contributed by atoms with Gasteiger partial charge in [-0.1, -0.05) is 29.5 Å². The molecule has 4 aromatic rings. The quantitative estimate of drug-likeness (QED) is 0.574. The molecule has 0 aliphatic rings. The largest absolute Gasteiger partial charge is 0.324 e. The second kappa shape index (κ2) is 6.75. The van der Waals surface area contributed by atoms with E-state index in [1.807, 2.05) is 30.3 Å². The Morgan fingerprint density at radius 2 is 1.85 bits per heavy atom. The van der Waals surface area contributed by atoms with Gasteiger partial charge in [0.1, 0.15) is 5.52 Å². The minimum Gasteiger partial charge on any atom is -0.324 e. The van der Waals surface area contributed by atoms with Crippen LogP contribution in [0.15, 0.2) is 53.3 Å². The number of imidazole rings is 1. The molecule has 2 aromatic heterocycles. The standard InChI is InChI=1S/C18H16N6O2/c25-16(21-18-19-14-8-3-4-9-15(14)20-18)10-5-11-24-17(26)12-6-1-2-7-13(12)22-23-24/h1-4,6-9H,5,10-11H2,(H2,19,20,21,25). The van der Waals surface area contributed by atoms with Crippen molar-refractivity contribution >= 4 is 33.8 Å². The number of H-pyrrole nitrogens is 1. The molecule has 0 unspecified atom stereocenters. The summed E-state index contributed by atoms with van der Waals surface area (Å²) < 4.78 is 1.29. The van der Waals surface area contributed by atoms with Gasteiger partial charge in [0, 0.05) is 13.0 Å². The van der Waals surface area contributed by atoms with E-state index in [-0.39, 0.29) is 17.9 Å². The summed E-state index contributed by atoms with van der Waals surface area (Å²) in [6.07, 6.45) is 0.719. The number of hydrogen-bond donors (Lipinski definition) is 2. The summed E-state index contributed by atoms with van der Waals surface area (Å²) in [7, 11) is 0. The fourth-order valence-electron chi connectivity index (χ4n) is 2.77. The van der Waals surface area contributed by atoms with E-state index in [2.05, 4.69) is 25.6 Å². The lowest BCUT2D eigenvalue weighted by molar-refractivity contribution is -0.116. The minimum absolute atomic E-state index is 0.175. The average molecular weight is 348 g/mol. The van der Waals surface area contributed by atoms with Crippen LogP contribution in [0.4, 0.5) is 5.95 Å². The first kappa shape index (κ1) is 15.9. The molecular formula is C18H16N6O2. The summed E-state index contributed by atoms with van der Waals surface area (Å²) in [6, 6.07) is 14.6. The number of aryl methyl sites for hydroxylation is 1. The molecule has 0 saturated carbocycles. The van der Waals surface area contributed by atoms with Gasteiger partial charge in [-0.15, -0.1) is 5.10 Å². The SMILES string of the molecule is O=C(CCCn1nnc2ccccc2c1=O)Nc1nc2ccccc2[nH]1. The van der Waals surface area contributed by atoms with Crippen LogP contribution in [0.5, 0.6) is 0 Å². The lowest BCUT2D eigenvalue weighted by Crippen LogP contribution is -2.25. The summed E-state index contributed by atoms with van der Waals surface area (Å²) in [5.74, 6) is 0.240. The number of amides is 1. The number of aromatic nitrogens is 5. The third-order valence-electron chi connectivity index (χ3n) is 4.05. The fourth-order valence-corrected chi connectivity index (χ4v) is 2.77. The lowest BCUT2D eigenvalue weighted by atomic mass is 10.2. The van der Waals surface area contributed by atoms with E-state index in [0.717, 1.165) is 11.0 Å². The third-order valence-corrected chi connectivity index (χ3v) is 4.05. The van der Waals surface area contributed by atoms with Gasteiger partial charge in [0.05, 0.1) is 16.4 Å². The number of nitrogens with zero attached hydrogens (tertiary/aromatic N) is 4. The first-order chi connectivity index (χ1) is 12.7. The van der Waals surface area contributed by atoms with E-state index in [1.54, 1.807) is 18.2 Å². The molecular weight excluding hydrogens is 332 g/mol. The molecule has 0 atom stereocenters. The van der Waals surface area contributed by atoms with Gasteiger partial charge in [-0.2, -0.15) is 0 Å². The number of hydrogen-bond acceptors (Lipinski definition) is 5. The Labute approximate surface area is 147 Å². The van der Waals surface area contributed by atoms with Crippen molar-refractivity contribution < 1.29 is 4.79 Å². The van der Waals surface area contributed by atoms with Gasteiger partial charge < -0.3 is 4.98 Å². The third kappa shape index (κ3) is 3.16. The van der Waals surface area contributed by atoms with Gasteiger partial charge in [0.15, 0.2) is 0 Å². The van der Waals surface area contributed by atoms with Crippen LogP contribution < -0.4 is 10.9 Å². The first-order valence-corrected chi connectivity index (χ1v) is 8.28. The highest BCUT2D eigenvalue weighted by atomic mass is 16.2. The molecule has 130 valence electrons. The summed E-state index contributed by atoms with van der Waals surface area (Å²) in [5, 5.41) is 11.2. The molecule has 0 saturated heterocycles. The highest BCUT2D eigenvalue weighted by molar-refractivity contribution is 5.91. The summed E-state index contributed by atoms with van der Waals surface area (Å²) in [6.45, 7) is 0.324. The van der Waals surface area contributed by atoms with E-state index in [1.165, 1.54) is 4.68 Å². The maximum absolute atomic E-state index is 12.3. The first-order valence-electron chi connectivity index (χ1n) is 8.28. The van der Waals surface area contributed by atoms with Gasteiger partial charge in [-0.05, 0) is 30.7 Å². The fraction of sp³-hybridized carbons (Fsp3) is 0.167. The van der Waals surface area contributed by atoms with E-state index in [9.17, 15) is 9.59 Å². The zero-order valence-electron chi connectivity index (χ0n) is 13.8. The summed E-state index contributed by atoms with van der Waals surface area (Å²) in [5.41, 5.74) is 2.02. The van der Waals surface area contributed by atoms with Gasteiger partial charge in [0.25, 0.3) is 5.56 Å². The molecule has 0 fully saturated rings. The number of fused-ring (bicyclic) bond motifs is 2. The number of carbonyl (C=O) groups excluding carboxylic acids is 1. The van der Waals surface area contributed by atoms with Crippen LogP contribution in [-0.4, -0.2) is 30.9 Å². The molecule has 0 bridgehead atoms. The average Bonchev–Trinajstić information content (AvgIpc) is 3.06. The topological polar surface area (TPSA) is 106 Å². The van der Waals surface area contributed by atoms with Crippen molar-refractivity contribution in [2.24, 2.45) is 0 Å². The maximum Gasteiger partial charge on any atom is 0.277 e. The molecule has 2 aromatic carbocycles. The lowest BCUT2D eigenvalue weighted by Gasteiger charge is -2.05. The van der Waals surface area contributed by atoms with E-state index in [4.69, 9.17) is 0 Å². The molecule has 1 amide bonds. The predicted molar refractivity (Wildman–Crippen MR) is 97.8 cm³/mol. The Balaban J connectivity index is 1.37. The molecule has 8 heteroatoms. The summed E-state index contributed by atoms with van der Waals surface area (Å²) >= 11 is 0. The number of anilines is 1. The van der Waals surface area contributed by atoms with E-state index < -0.39 is 0 Å². The van der Waals surface area contributed by atoms with E-state index >= 15 is 0 Å². The smallest absolute Gasteiger partial charge is 0.277 e. The van der Waals surface area contributed by atoms with Crippen LogP contribution in [-0.2, 0) is 11.3 Å². The number of aromatic amines is 1. The van der Waals surface area contributed by atoms with Gasteiger partial charge in [0.2, 0.25) is 11.9 Å². The Kier molecular flexibility index (Phi) is 4.14. The van der Waals surface area contributed by atoms with Crippen LogP contribution >= 0.6 is 0 Å². The normalized spacial score (nSPS) is 11.1. The maximum atomic E-state index is 12.3. The monoisotopic (exact) mass is 348 g/mol. The van der Waals surface area contributed by atoms with Crippen LogP contribution in [0.1, 0.15) is 12.8 Å². The molecule has 0 spiro atoms. The number of benzene rings is 2. The second-order valence-corrected chi connectivity index (χ2v) is 5.89. The van der Waals surface area contributed by atoms with Crippen molar-refractivity contribution in [2.45, 2.75) is 19.4 Å². The molecule has 2 heterocycles. The second-order valence-electron chi connectivity index (χ2n) is 5.89. The molecule has 0 aliphatic heterocycles. The highest BCUT2D eigenvalue weighted by Gasteiger charge is 2.08. The van der Waals surface area contributed by atoms with Crippen LogP contribution in [0.25, 0.3) is 21.9 Å². The predicted octanol–water partition coefficient (Wildman–Crippen LogP) is 2.09. The van der Waals surface area contributed by atoms with Crippen molar-refractivity contribution in [2.75, 3.05) is 5.32 Å². The summed E-state index contributed by atoms with van der Waals surface area (Å²) in [4.78, 5) is 31.8. The minimum atomic E-state index is -0.201. The van der Waals surface area contributed by atoms with Crippen molar-refractivity contribution in [3.05, 3.63) is 58.9 Å². The van der Waals surface area contributed by atoms with Gasteiger partial charge in [-0.25, -0.2) is 9.67 Å². The van der Waals surface area contributed by atoms with Gasteiger partial charge in [-0.3, -0.25) is 14.9 Å².